The smallest absolute Gasteiger partial charge is 0.123 e. The van der Waals surface area contributed by atoms with E-state index >= 15 is 0 Å². The fourth-order valence-electron chi connectivity index (χ4n) is 2.28. The summed E-state index contributed by atoms with van der Waals surface area (Å²) in [6.45, 7) is 6.44. The quantitative estimate of drug-likeness (QED) is 0.851. The van der Waals surface area contributed by atoms with E-state index in [0.29, 0.717) is 12.5 Å². The third-order valence-corrected chi connectivity index (χ3v) is 3.92. The molecule has 0 saturated carbocycles. The van der Waals surface area contributed by atoms with Gasteiger partial charge in [0.05, 0.1) is 12.6 Å². The number of hydrogen-bond donors (Lipinski definition) is 1. The highest BCUT2D eigenvalue weighted by Crippen LogP contribution is 2.18. The molecule has 1 heterocycles. The predicted octanol–water partition coefficient (Wildman–Crippen LogP) is 3.47. The molecule has 1 atom stereocenters. The van der Waals surface area contributed by atoms with Crippen LogP contribution in [0, 0.1) is 11.7 Å². The van der Waals surface area contributed by atoms with Crippen LogP contribution in [0.2, 0.25) is 0 Å². The van der Waals surface area contributed by atoms with Gasteiger partial charge >= 0.3 is 0 Å². The largest absolute Gasteiger partial charge is 0.387 e. The van der Waals surface area contributed by atoms with Crippen LogP contribution in [0.3, 0.4) is 0 Å². The minimum atomic E-state index is -0.621. The summed E-state index contributed by atoms with van der Waals surface area (Å²) < 4.78 is 12.9. The van der Waals surface area contributed by atoms with Gasteiger partial charge in [0, 0.05) is 24.7 Å². The minimum absolute atomic E-state index is 0.284. The molecule has 3 nitrogen and oxygen atoms in total. The maximum Gasteiger partial charge on any atom is 0.123 e. The zero-order valence-electron chi connectivity index (χ0n) is 12.4. The molecule has 2 rings (SSSR count). The van der Waals surface area contributed by atoms with E-state index in [1.54, 1.807) is 29.7 Å². The van der Waals surface area contributed by atoms with Crippen LogP contribution in [0.5, 0.6) is 0 Å². The zero-order chi connectivity index (χ0) is 15.2. The van der Waals surface area contributed by atoms with Gasteiger partial charge in [-0.3, -0.25) is 4.90 Å². The molecule has 1 aromatic heterocycles. The van der Waals surface area contributed by atoms with Gasteiger partial charge in [0.1, 0.15) is 10.8 Å². The predicted molar refractivity (Wildman–Crippen MR) is 83.6 cm³/mol. The normalized spacial score (nSPS) is 13.0. The first-order valence-corrected chi connectivity index (χ1v) is 7.97. The van der Waals surface area contributed by atoms with Crippen molar-refractivity contribution < 1.29 is 9.50 Å². The van der Waals surface area contributed by atoms with Gasteiger partial charge in [0.15, 0.2) is 0 Å². The fourth-order valence-corrected chi connectivity index (χ4v) is 2.93. The van der Waals surface area contributed by atoms with Crippen molar-refractivity contribution in [2.45, 2.75) is 26.5 Å². The summed E-state index contributed by atoms with van der Waals surface area (Å²) in [7, 11) is 0. The Kier molecular flexibility index (Phi) is 5.85. The van der Waals surface area contributed by atoms with Crippen molar-refractivity contribution in [3.63, 3.8) is 0 Å². The molecule has 0 radical (unpaired) electrons. The summed E-state index contributed by atoms with van der Waals surface area (Å²) in [5.41, 5.74) is 0.740. The Hall–Kier alpha value is -1.30. The molecule has 0 bridgehead atoms. The molecule has 1 unspecified atom stereocenters. The summed E-state index contributed by atoms with van der Waals surface area (Å²) in [6, 6.07) is 6.03. The monoisotopic (exact) mass is 308 g/mol. The molecule has 0 fully saturated rings. The molecule has 1 aromatic carbocycles. The standard InChI is InChI=1S/C16H21FN2OS/c1-12(2)9-19(11-16-18-7-8-21-16)10-15(20)13-3-5-14(17)6-4-13/h3-8,12,15,20H,9-11H2,1-2H3. The van der Waals surface area contributed by atoms with Gasteiger partial charge in [-0.2, -0.15) is 0 Å². The summed E-state index contributed by atoms with van der Waals surface area (Å²) in [4.78, 5) is 6.49. The van der Waals surface area contributed by atoms with Crippen LogP contribution in [0.25, 0.3) is 0 Å². The number of halogens is 1. The highest BCUT2D eigenvalue weighted by molar-refractivity contribution is 7.09. The number of thiazole rings is 1. The van der Waals surface area contributed by atoms with Crippen molar-refractivity contribution >= 4 is 11.3 Å². The summed E-state index contributed by atoms with van der Waals surface area (Å²) in [5, 5.41) is 13.3. The molecule has 114 valence electrons. The molecular formula is C16H21FN2OS. The molecule has 0 aliphatic heterocycles. The Morgan fingerprint density at radius 1 is 1.24 bits per heavy atom. The van der Waals surface area contributed by atoms with E-state index in [2.05, 4.69) is 23.7 Å². The van der Waals surface area contributed by atoms with E-state index in [-0.39, 0.29) is 5.82 Å². The van der Waals surface area contributed by atoms with Crippen LogP contribution >= 0.6 is 11.3 Å². The van der Waals surface area contributed by atoms with Crippen LogP contribution in [-0.4, -0.2) is 28.1 Å². The summed E-state index contributed by atoms with van der Waals surface area (Å²) in [5.74, 6) is 0.221. The molecular weight excluding hydrogens is 287 g/mol. The first-order valence-electron chi connectivity index (χ1n) is 7.09. The van der Waals surface area contributed by atoms with Gasteiger partial charge in [-0.25, -0.2) is 9.37 Å². The summed E-state index contributed by atoms with van der Waals surface area (Å²) in [6.07, 6.45) is 1.17. The maximum atomic E-state index is 12.9. The van der Waals surface area contributed by atoms with Crippen molar-refractivity contribution in [1.82, 2.24) is 9.88 Å². The second-order valence-corrected chi connectivity index (χ2v) is 6.56. The maximum absolute atomic E-state index is 12.9. The van der Waals surface area contributed by atoms with E-state index in [9.17, 15) is 9.50 Å². The molecule has 21 heavy (non-hydrogen) atoms. The highest BCUT2D eigenvalue weighted by Gasteiger charge is 2.16. The molecule has 0 spiro atoms. The average molecular weight is 308 g/mol. The number of rotatable bonds is 7. The Balaban J connectivity index is 2.01. The zero-order valence-corrected chi connectivity index (χ0v) is 13.2. The Morgan fingerprint density at radius 3 is 2.52 bits per heavy atom. The minimum Gasteiger partial charge on any atom is -0.387 e. The van der Waals surface area contributed by atoms with Gasteiger partial charge in [-0.1, -0.05) is 26.0 Å². The van der Waals surface area contributed by atoms with Crippen LogP contribution in [0.4, 0.5) is 4.39 Å². The second kappa shape index (κ2) is 7.64. The number of benzene rings is 1. The molecule has 0 saturated heterocycles. The third-order valence-electron chi connectivity index (χ3n) is 3.15. The van der Waals surface area contributed by atoms with E-state index in [0.717, 1.165) is 23.7 Å². The van der Waals surface area contributed by atoms with E-state index in [4.69, 9.17) is 0 Å². The average Bonchev–Trinajstić information content (AvgIpc) is 2.91. The first-order chi connectivity index (χ1) is 10.0. The van der Waals surface area contributed by atoms with Crippen molar-refractivity contribution in [3.8, 4) is 0 Å². The van der Waals surface area contributed by atoms with E-state index < -0.39 is 6.10 Å². The Labute approximate surface area is 129 Å². The SMILES string of the molecule is CC(C)CN(Cc1nccs1)CC(O)c1ccc(F)cc1. The molecule has 0 aliphatic rings. The van der Waals surface area contributed by atoms with Crippen molar-refractivity contribution in [1.29, 1.82) is 0 Å². The first kappa shape index (κ1) is 16.1. The van der Waals surface area contributed by atoms with Gasteiger partial charge in [0.25, 0.3) is 0 Å². The fraction of sp³-hybridized carbons (Fsp3) is 0.438. The Morgan fingerprint density at radius 2 is 1.95 bits per heavy atom. The number of nitrogens with zero attached hydrogens (tertiary/aromatic N) is 2. The van der Waals surface area contributed by atoms with Crippen molar-refractivity contribution in [3.05, 3.63) is 52.2 Å². The third kappa shape index (κ3) is 5.19. The van der Waals surface area contributed by atoms with Crippen LogP contribution < -0.4 is 0 Å². The number of hydrogen-bond acceptors (Lipinski definition) is 4. The Bertz CT molecular complexity index is 528. The van der Waals surface area contributed by atoms with Gasteiger partial charge in [0.2, 0.25) is 0 Å². The lowest BCUT2D eigenvalue weighted by Crippen LogP contribution is -2.31. The van der Waals surface area contributed by atoms with Crippen molar-refractivity contribution in [2.24, 2.45) is 5.92 Å². The molecule has 1 N–H and O–H groups in total. The second-order valence-electron chi connectivity index (χ2n) is 5.58. The molecule has 2 aromatic rings. The van der Waals surface area contributed by atoms with E-state index in [1.165, 1.54) is 12.1 Å². The molecule has 0 amide bonds. The lowest BCUT2D eigenvalue weighted by atomic mass is 10.1. The highest BCUT2D eigenvalue weighted by atomic mass is 32.1. The van der Waals surface area contributed by atoms with Crippen LogP contribution in [0.1, 0.15) is 30.5 Å². The lowest BCUT2D eigenvalue weighted by molar-refractivity contribution is 0.102. The topological polar surface area (TPSA) is 36.4 Å². The lowest BCUT2D eigenvalue weighted by Gasteiger charge is -2.26. The molecule has 0 aliphatic carbocycles. The summed E-state index contributed by atoms with van der Waals surface area (Å²) >= 11 is 1.62. The van der Waals surface area contributed by atoms with Gasteiger partial charge in [-0.05, 0) is 23.6 Å². The molecule has 5 heteroatoms. The van der Waals surface area contributed by atoms with Crippen LogP contribution in [0.15, 0.2) is 35.8 Å². The van der Waals surface area contributed by atoms with Crippen molar-refractivity contribution in [2.75, 3.05) is 13.1 Å². The van der Waals surface area contributed by atoms with E-state index in [1.807, 2.05) is 5.38 Å². The van der Waals surface area contributed by atoms with Crippen LogP contribution in [-0.2, 0) is 6.54 Å². The number of aromatic nitrogens is 1. The van der Waals surface area contributed by atoms with Gasteiger partial charge < -0.3 is 5.11 Å². The number of aliphatic hydroxyl groups is 1. The number of aliphatic hydroxyl groups excluding tert-OH is 1. The van der Waals surface area contributed by atoms with Gasteiger partial charge in [-0.15, -0.1) is 11.3 Å².